The Morgan fingerprint density at radius 3 is 1.40 bits per heavy atom. The summed E-state index contributed by atoms with van der Waals surface area (Å²) in [5, 5.41) is 23.6. The van der Waals surface area contributed by atoms with Crippen LogP contribution in [0, 0.1) is 0 Å². The Morgan fingerprint density at radius 1 is 0.500 bits per heavy atom. The molecule has 60 heavy (non-hydrogen) atoms. The number of rotatable bonds is 43. The van der Waals surface area contributed by atoms with E-state index < -0.39 is 18.2 Å². The summed E-state index contributed by atoms with van der Waals surface area (Å²) in [6, 6.07) is -0.720. The number of nitrogens with one attached hydrogen (secondary N) is 1. The molecule has 3 N–H and O–H groups in total. The van der Waals surface area contributed by atoms with E-state index in [0.717, 1.165) is 96.3 Å². The molecule has 0 rings (SSSR count). The summed E-state index contributed by atoms with van der Waals surface area (Å²) in [6.07, 6.45) is 60.7. The van der Waals surface area contributed by atoms with E-state index >= 15 is 0 Å². The van der Waals surface area contributed by atoms with Crippen LogP contribution in [0.3, 0.4) is 0 Å². The lowest BCUT2D eigenvalue weighted by atomic mass is 10.0. The summed E-state index contributed by atoms with van der Waals surface area (Å²) in [5.41, 5.74) is 0. The molecular weight excluding hydrogens is 743 g/mol. The fraction of sp³-hybridized carbons (Fsp3) is 0.704. The predicted molar refractivity (Wildman–Crippen MR) is 259 cm³/mol. The second kappa shape index (κ2) is 47.1. The smallest absolute Gasteiger partial charge is 0.306 e. The topological polar surface area (TPSA) is 95.9 Å². The van der Waals surface area contributed by atoms with E-state index in [1.54, 1.807) is 0 Å². The molecule has 0 aliphatic rings. The molecule has 6 nitrogen and oxygen atoms in total. The van der Waals surface area contributed by atoms with Gasteiger partial charge in [0.05, 0.1) is 25.2 Å². The average Bonchev–Trinajstić information content (AvgIpc) is 3.24. The minimum Gasteiger partial charge on any atom is -0.462 e. The molecule has 0 bridgehead atoms. The van der Waals surface area contributed by atoms with E-state index in [1.165, 1.54) is 70.6 Å². The predicted octanol–water partition coefficient (Wildman–Crippen LogP) is 14.8. The van der Waals surface area contributed by atoms with Gasteiger partial charge in [-0.1, -0.05) is 196 Å². The molecule has 344 valence electrons. The number of carbonyl (C=O) groups is 2. The second-order valence-corrected chi connectivity index (χ2v) is 16.5. The maximum absolute atomic E-state index is 13.2. The lowest BCUT2D eigenvalue weighted by Crippen LogP contribution is -2.46. The molecule has 0 aliphatic carbocycles. The standard InChI is InChI=1S/C54H93NO5/c1-4-7-10-13-16-19-21-23-25-26-28-30-32-35-38-41-44-47-54(59)60-50(45-42-39-36-34-31-29-27-24-22-20-17-14-11-8-5-2)48-53(58)55-51(49-56)52(57)46-43-40-37-33-18-15-12-9-6-3/h7,10,16-17,19-20,23-25,27-28,30,35,38,50-52,56-57H,4-6,8-9,11-15,18,21-22,26,29,31-34,36-37,39-49H2,1-3H3,(H,55,58)/b10-7-,19-16-,20-17-,25-23-,27-24-,30-28-,38-35-. The Kier molecular flexibility index (Phi) is 44.8. The fourth-order valence-electron chi connectivity index (χ4n) is 6.97. The molecule has 0 aromatic heterocycles. The quantitative estimate of drug-likeness (QED) is 0.0323. The number of hydrogen-bond acceptors (Lipinski definition) is 5. The van der Waals surface area contributed by atoms with Crippen molar-refractivity contribution < 1.29 is 24.5 Å². The van der Waals surface area contributed by atoms with Gasteiger partial charge in [0.25, 0.3) is 0 Å². The van der Waals surface area contributed by atoms with E-state index in [4.69, 9.17) is 4.74 Å². The Morgan fingerprint density at radius 2 is 0.900 bits per heavy atom. The average molecular weight is 836 g/mol. The largest absolute Gasteiger partial charge is 0.462 e. The highest BCUT2D eigenvalue weighted by Crippen LogP contribution is 2.17. The first-order valence-corrected chi connectivity index (χ1v) is 24.8. The summed E-state index contributed by atoms with van der Waals surface area (Å²) in [4.78, 5) is 26.1. The van der Waals surface area contributed by atoms with E-state index in [1.807, 2.05) is 0 Å². The lowest BCUT2D eigenvalue weighted by molar-refractivity contribution is -0.151. The van der Waals surface area contributed by atoms with Crippen LogP contribution in [0.15, 0.2) is 85.1 Å². The summed E-state index contributed by atoms with van der Waals surface area (Å²) >= 11 is 0. The van der Waals surface area contributed by atoms with Crippen LogP contribution >= 0.6 is 0 Å². The molecule has 0 saturated heterocycles. The molecule has 6 heteroatoms. The normalized spacial score (nSPS) is 14.0. The van der Waals surface area contributed by atoms with Gasteiger partial charge in [-0.2, -0.15) is 0 Å². The maximum Gasteiger partial charge on any atom is 0.306 e. The number of unbranched alkanes of at least 4 members (excludes halogenated alkanes) is 17. The first-order valence-electron chi connectivity index (χ1n) is 24.8. The van der Waals surface area contributed by atoms with Crippen molar-refractivity contribution in [3.05, 3.63) is 85.1 Å². The first kappa shape index (κ1) is 57.0. The van der Waals surface area contributed by atoms with Crippen LogP contribution in [0.4, 0.5) is 0 Å². The van der Waals surface area contributed by atoms with Gasteiger partial charge < -0.3 is 20.3 Å². The monoisotopic (exact) mass is 836 g/mol. The number of hydrogen-bond donors (Lipinski definition) is 3. The van der Waals surface area contributed by atoms with Crippen LogP contribution in [0.1, 0.15) is 220 Å². The zero-order valence-electron chi connectivity index (χ0n) is 39.1. The van der Waals surface area contributed by atoms with Crippen LogP contribution in [0.2, 0.25) is 0 Å². The second-order valence-electron chi connectivity index (χ2n) is 16.5. The summed E-state index contributed by atoms with van der Waals surface area (Å²) < 4.78 is 5.89. The van der Waals surface area contributed by atoms with Gasteiger partial charge in [-0.25, -0.2) is 0 Å². The Labute approximate surface area is 370 Å². The molecule has 0 aromatic carbocycles. The molecule has 3 atom stereocenters. The van der Waals surface area contributed by atoms with E-state index in [9.17, 15) is 19.8 Å². The van der Waals surface area contributed by atoms with Crippen LogP contribution < -0.4 is 5.32 Å². The third-order valence-electron chi connectivity index (χ3n) is 10.7. The molecule has 0 saturated carbocycles. The third-order valence-corrected chi connectivity index (χ3v) is 10.7. The Bertz CT molecular complexity index is 1160. The molecule has 1 amide bonds. The van der Waals surface area contributed by atoms with Crippen LogP contribution in [-0.2, 0) is 14.3 Å². The molecule has 0 radical (unpaired) electrons. The number of aliphatic hydroxyl groups excluding tert-OH is 2. The molecular formula is C54H93NO5. The minimum absolute atomic E-state index is 0.0413. The van der Waals surface area contributed by atoms with Crippen LogP contribution in [0.5, 0.6) is 0 Å². The summed E-state index contributed by atoms with van der Waals surface area (Å²) in [7, 11) is 0. The molecule has 0 spiro atoms. The molecule has 0 fully saturated rings. The van der Waals surface area contributed by atoms with Gasteiger partial charge in [0, 0.05) is 6.42 Å². The van der Waals surface area contributed by atoms with Gasteiger partial charge in [-0.05, 0) is 96.3 Å². The number of allylic oxidation sites excluding steroid dienone is 14. The van der Waals surface area contributed by atoms with E-state index in [2.05, 4.69) is 111 Å². The number of esters is 1. The Hall–Kier alpha value is -2.96. The van der Waals surface area contributed by atoms with Crippen molar-refractivity contribution in [3.63, 3.8) is 0 Å². The van der Waals surface area contributed by atoms with Gasteiger partial charge in [0.15, 0.2) is 0 Å². The number of amides is 1. The van der Waals surface area contributed by atoms with Gasteiger partial charge >= 0.3 is 5.97 Å². The lowest BCUT2D eigenvalue weighted by Gasteiger charge is -2.24. The van der Waals surface area contributed by atoms with Crippen molar-refractivity contribution in [3.8, 4) is 0 Å². The van der Waals surface area contributed by atoms with Crippen LogP contribution in [0.25, 0.3) is 0 Å². The Balaban J connectivity index is 4.73. The van der Waals surface area contributed by atoms with Gasteiger partial charge in [0.2, 0.25) is 5.91 Å². The highest BCUT2D eigenvalue weighted by Gasteiger charge is 2.24. The fourth-order valence-corrected chi connectivity index (χ4v) is 6.97. The van der Waals surface area contributed by atoms with Crippen molar-refractivity contribution in [1.82, 2.24) is 5.32 Å². The number of ether oxygens (including phenoxy) is 1. The highest BCUT2D eigenvalue weighted by molar-refractivity contribution is 5.77. The minimum atomic E-state index is -0.803. The maximum atomic E-state index is 13.2. The highest BCUT2D eigenvalue weighted by atomic mass is 16.5. The third kappa shape index (κ3) is 41.8. The van der Waals surface area contributed by atoms with Crippen LogP contribution in [-0.4, -0.2) is 46.9 Å². The summed E-state index contributed by atoms with van der Waals surface area (Å²) in [5.74, 6) is -0.564. The molecule has 0 aromatic rings. The van der Waals surface area contributed by atoms with Crippen molar-refractivity contribution in [2.24, 2.45) is 0 Å². The SMILES string of the molecule is CC/C=C\C/C=C\C/C=C\C/C=C\C/C=C\CCCC(=O)OC(CCCCCCC/C=C\C/C=C\CCCCC)CC(=O)NC(CO)C(O)CCCCCCCCCCC. The number of aliphatic hydroxyl groups is 2. The van der Waals surface area contributed by atoms with E-state index in [0.29, 0.717) is 25.7 Å². The summed E-state index contributed by atoms with van der Waals surface area (Å²) in [6.45, 7) is 6.30. The molecule has 0 heterocycles. The van der Waals surface area contributed by atoms with Gasteiger partial charge in [0.1, 0.15) is 6.10 Å². The van der Waals surface area contributed by atoms with Gasteiger partial charge in [-0.15, -0.1) is 0 Å². The van der Waals surface area contributed by atoms with E-state index in [-0.39, 0.29) is 24.9 Å². The zero-order chi connectivity index (χ0) is 43.8. The van der Waals surface area contributed by atoms with Crippen molar-refractivity contribution in [1.29, 1.82) is 0 Å². The zero-order valence-corrected chi connectivity index (χ0v) is 39.1. The first-order chi connectivity index (χ1) is 29.5. The molecule has 0 aliphatic heterocycles. The molecule has 3 unspecified atom stereocenters. The van der Waals surface area contributed by atoms with Crippen molar-refractivity contribution >= 4 is 11.9 Å². The van der Waals surface area contributed by atoms with Crippen molar-refractivity contribution in [2.75, 3.05) is 6.61 Å². The number of carbonyl (C=O) groups excluding carboxylic acids is 2. The van der Waals surface area contributed by atoms with Crippen molar-refractivity contribution in [2.45, 2.75) is 238 Å². The van der Waals surface area contributed by atoms with Gasteiger partial charge in [-0.3, -0.25) is 9.59 Å².